The molecule has 3 unspecified atom stereocenters. The van der Waals surface area contributed by atoms with E-state index in [2.05, 4.69) is 0 Å². The van der Waals surface area contributed by atoms with E-state index in [1.54, 1.807) is 43.1 Å². The molecule has 6 nitrogen and oxygen atoms in total. The van der Waals surface area contributed by atoms with Gasteiger partial charge < -0.3 is 4.74 Å². The van der Waals surface area contributed by atoms with Gasteiger partial charge in [-0.1, -0.05) is 18.2 Å². The van der Waals surface area contributed by atoms with Gasteiger partial charge in [0.25, 0.3) is 0 Å². The van der Waals surface area contributed by atoms with Crippen molar-refractivity contribution in [2.75, 3.05) is 25.1 Å². The average molecular weight is 302 g/mol. The molecule has 2 saturated heterocycles. The smallest absolute Gasteiger partial charge is 0.324 e. The molecular weight excluding hydrogens is 284 g/mol. The van der Waals surface area contributed by atoms with Crippen LogP contribution in [0.15, 0.2) is 30.3 Å². The summed E-state index contributed by atoms with van der Waals surface area (Å²) < 4.78 is 5.07. The molecule has 1 aromatic rings. The third-order valence-corrected chi connectivity index (χ3v) is 4.32. The highest BCUT2D eigenvalue weighted by Crippen LogP contribution is 2.39. The molecule has 1 aromatic carbocycles. The molecule has 0 N–H and O–H groups in total. The van der Waals surface area contributed by atoms with Gasteiger partial charge in [-0.3, -0.25) is 19.3 Å². The topological polar surface area (TPSA) is 66.9 Å². The van der Waals surface area contributed by atoms with Crippen molar-refractivity contribution in [1.29, 1.82) is 0 Å². The first-order valence-corrected chi connectivity index (χ1v) is 7.36. The Kier molecular flexibility index (Phi) is 3.70. The van der Waals surface area contributed by atoms with Gasteiger partial charge in [-0.05, 0) is 26.1 Å². The fourth-order valence-corrected chi connectivity index (χ4v) is 3.38. The molecule has 6 heteroatoms. The molecule has 0 aliphatic carbocycles. The van der Waals surface area contributed by atoms with Crippen molar-refractivity contribution in [2.45, 2.75) is 13.0 Å². The summed E-state index contributed by atoms with van der Waals surface area (Å²) in [5, 5.41) is 0. The van der Waals surface area contributed by atoms with Gasteiger partial charge in [0, 0.05) is 6.54 Å². The summed E-state index contributed by atoms with van der Waals surface area (Å²) >= 11 is 0. The number of para-hydroxylation sites is 1. The van der Waals surface area contributed by atoms with Crippen LogP contribution in [-0.4, -0.2) is 48.9 Å². The number of carbonyl (C=O) groups is 3. The Labute approximate surface area is 128 Å². The minimum atomic E-state index is -0.685. The van der Waals surface area contributed by atoms with Crippen molar-refractivity contribution in [3.63, 3.8) is 0 Å². The van der Waals surface area contributed by atoms with Crippen molar-refractivity contribution in [3.05, 3.63) is 30.3 Å². The molecule has 0 aromatic heterocycles. The zero-order chi connectivity index (χ0) is 15.9. The summed E-state index contributed by atoms with van der Waals surface area (Å²) in [6.45, 7) is 2.37. The van der Waals surface area contributed by atoms with Crippen LogP contribution in [0, 0.1) is 11.8 Å². The SMILES string of the molecule is CCOC(=O)C1C2C(=O)N(c3ccccc3)C(=O)C2CN1C. The van der Waals surface area contributed by atoms with Gasteiger partial charge in [-0.2, -0.15) is 0 Å². The van der Waals surface area contributed by atoms with Gasteiger partial charge in [-0.15, -0.1) is 0 Å². The van der Waals surface area contributed by atoms with E-state index >= 15 is 0 Å². The Hall–Kier alpha value is -2.21. The number of hydrogen-bond acceptors (Lipinski definition) is 5. The van der Waals surface area contributed by atoms with Crippen LogP contribution in [-0.2, 0) is 19.1 Å². The lowest BCUT2D eigenvalue weighted by Crippen LogP contribution is -2.44. The van der Waals surface area contributed by atoms with Crippen LogP contribution in [0.3, 0.4) is 0 Å². The largest absolute Gasteiger partial charge is 0.465 e. The molecule has 2 aliphatic heterocycles. The monoisotopic (exact) mass is 302 g/mol. The van der Waals surface area contributed by atoms with Gasteiger partial charge in [0.05, 0.1) is 24.1 Å². The molecular formula is C16H18N2O4. The lowest BCUT2D eigenvalue weighted by Gasteiger charge is -2.23. The van der Waals surface area contributed by atoms with Crippen molar-refractivity contribution >= 4 is 23.5 Å². The molecule has 0 spiro atoms. The van der Waals surface area contributed by atoms with E-state index in [1.807, 2.05) is 6.07 Å². The van der Waals surface area contributed by atoms with E-state index < -0.39 is 23.8 Å². The molecule has 22 heavy (non-hydrogen) atoms. The summed E-state index contributed by atoms with van der Waals surface area (Å²) in [6.07, 6.45) is 0. The number of anilines is 1. The zero-order valence-electron chi connectivity index (χ0n) is 12.6. The van der Waals surface area contributed by atoms with Gasteiger partial charge in [-0.25, -0.2) is 4.90 Å². The van der Waals surface area contributed by atoms with Crippen LogP contribution in [0.4, 0.5) is 5.69 Å². The number of esters is 1. The number of likely N-dealkylation sites (tertiary alicyclic amines) is 1. The molecule has 3 atom stereocenters. The second-order valence-electron chi connectivity index (χ2n) is 5.62. The van der Waals surface area contributed by atoms with Crippen LogP contribution in [0.2, 0.25) is 0 Å². The Bertz CT molecular complexity index is 616. The molecule has 0 radical (unpaired) electrons. The number of likely N-dealkylation sites (N-methyl/N-ethyl adjacent to an activating group) is 1. The number of carbonyl (C=O) groups excluding carboxylic acids is 3. The normalized spacial score (nSPS) is 28.1. The minimum absolute atomic E-state index is 0.236. The highest BCUT2D eigenvalue weighted by Gasteiger charge is 2.59. The van der Waals surface area contributed by atoms with E-state index in [0.29, 0.717) is 12.2 Å². The summed E-state index contributed by atoms with van der Waals surface area (Å²) in [7, 11) is 1.74. The number of rotatable bonds is 3. The maximum Gasteiger partial charge on any atom is 0.324 e. The Morgan fingerprint density at radius 2 is 1.91 bits per heavy atom. The summed E-state index contributed by atoms with van der Waals surface area (Å²) in [5.41, 5.74) is 0.553. The van der Waals surface area contributed by atoms with Crippen LogP contribution in [0.25, 0.3) is 0 Å². The minimum Gasteiger partial charge on any atom is -0.465 e. The second kappa shape index (κ2) is 5.53. The number of nitrogens with zero attached hydrogens (tertiary/aromatic N) is 2. The fourth-order valence-electron chi connectivity index (χ4n) is 3.38. The molecule has 2 fully saturated rings. The van der Waals surface area contributed by atoms with Gasteiger partial charge in [0.2, 0.25) is 11.8 Å². The molecule has 2 amide bonds. The van der Waals surface area contributed by atoms with Gasteiger partial charge >= 0.3 is 5.97 Å². The Balaban J connectivity index is 1.93. The molecule has 0 bridgehead atoms. The Morgan fingerprint density at radius 1 is 1.23 bits per heavy atom. The van der Waals surface area contributed by atoms with E-state index in [0.717, 1.165) is 0 Å². The number of amides is 2. The van der Waals surface area contributed by atoms with Crippen molar-refractivity contribution < 1.29 is 19.1 Å². The average Bonchev–Trinajstić information content (AvgIpc) is 2.96. The highest BCUT2D eigenvalue weighted by molar-refractivity contribution is 6.23. The van der Waals surface area contributed by atoms with E-state index in [-0.39, 0.29) is 18.4 Å². The Morgan fingerprint density at radius 3 is 2.55 bits per heavy atom. The number of benzene rings is 1. The van der Waals surface area contributed by atoms with Crippen molar-refractivity contribution in [2.24, 2.45) is 11.8 Å². The van der Waals surface area contributed by atoms with Crippen molar-refractivity contribution in [3.8, 4) is 0 Å². The lowest BCUT2D eigenvalue weighted by atomic mass is 9.93. The fraction of sp³-hybridized carbons (Fsp3) is 0.438. The standard InChI is InChI=1S/C16H18N2O4/c1-3-22-16(21)13-12-11(9-17(13)2)14(19)18(15(12)20)10-7-5-4-6-8-10/h4-8,11-13H,3,9H2,1-2H3. The summed E-state index contributed by atoms with van der Waals surface area (Å²) in [4.78, 5) is 40.4. The second-order valence-corrected chi connectivity index (χ2v) is 5.62. The summed E-state index contributed by atoms with van der Waals surface area (Å²) in [5.74, 6) is -2.12. The number of ether oxygens (including phenoxy) is 1. The number of fused-ring (bicyclic) bond motifs is 1. The molecule has 116 valence electrons. The zero-order valence-corrected chi connectivity index (χ0v) is 12.6. The molecule has 0 saturated carbocycles. The van der Waals surface area contributed by atoms with E-state index in [4.69, 9.17) is 4.74 Å². The highest BCUT2D eigenvalue weighted by atomic mass is 16.5. The van der Waals surface area contributed by atoms with Crippen molar-refractivity contribution in [1.82, 2.24) is 4.90 Å². The maximum absolute atomic E-state index is 12.7. The third-order valence-electron chi connectivity index (χ3n) is 4.32. The molecule has 2 heterocycles. The lowest BCUT2D eigenvalue weighted by molar-refractivity contribution is -0.151. The van der Waals surface area contributed by atoms with Crippen LogP contribution in [0.5, 0.6) is 0 Å². The maximum atomic E-state index is 12.7. The molecule has 3 rings (SSSR count). The predicted octanol–water partition coefficient (Wildman–Crippen LogP) is 0.669. The van der Waals surface area contributed by atoms with E-state index in [1.165, 1.54) is 4.90 Å². The van der Waals surface area contributed by atoms with Crippen LogP contribution in [0.1, 0.15) is 6.92 Å². The van der Waals surface area contributed by atoms with Gasteiger partial charge in [0.1, 0.15) is 6.04 Å². The molecule has 2 aliphatic rings. The third kappa shape index (κ3) is 2.11. The first kappa shape index (κ1) is 14.7. The summed E-state index contributed by atoms with van der Waals surface area (Å²) in [6, 6.07) is 8.14. The van der Waals surface area contributed by atoms with Gasteiger partial charge in [0.15, 0.2) is 0 Å². The quantitative estimate of drug-likeness (QED) is 0.606. The first-order valence-electron chi connectivity index (χ1n) is 7.36. The number of imide groups is 1. The van der Waals surface area contributed by atoms with Crippen LogP contribution < -0.4 is 4.90 Å². The van der Waals surface area contributed by atoms with E-state index in [9.17, 15) is 14.4 Å². The first-order chi connectivity index (χ1) is 10.6. The predicted molar refractivity (Wildman–Crippen MR) is 79.0 cm³/mol. The number of hydrogen-bond donors (Lipinski definition) is 0. The van der Waals surface area contributed by atoms with Crippen LogP contribution >= 0.6 is 0 Å².